The highest BCUT2D eigenvalue weighted by Crippen LogP contribution is 2.51. The second-order valence-corrected chi connectivity index (χ2v) is 11.8. The SMILES string of the molecule is Cc1cccc(C)c1N1C(=C/C=c2/c(C)nn3nc(-c4ccccc4)nc23)N(c2c(C)cccc2C)c2nc3ccccc3nc21. The smallest absolute Gasteiger partial charge is 0.185 e. The molecule has 7 aromatic rings. The van der Waals surface area contributed by atoms with E-state index in [9.17, 15) is 0 Å². The molecule has 1 aliphatic heterocycles. The molecule has 4 heterocycles. The standard InChI is InChI=1S/C38H32N8/c1-23-13-11-14-24(2)33(23)44-32(22-21-29-27(5)42-46-36(29)41-35(43-46)28-17-7-6-8-18-28)45(34-25(3)15-12-16-26(34)4)38-37(44)39-30-19-9-10-20-31(30)40-38/h6-22H,1-5H3/b29-21-. The summed E-state index contributed by atoms with van der Waals surface area (Å²) in [5, 5.41) is 10.3. The van der Waals surface area contributed by atoms with Crippen molar-refractivity contribution in [3.05, 3.63) is 136 Å². The van der Waals surface area contributed by atoms with Crippen LogP contribution in [0.2, 0.25) is 0 Å². The number of anilines is 4. The summed E-state index contributed by atoms with van der Waals surface area (Å²) in [6.07, 6.45) is 4.25. The average molecular weight is 601 g/mol. The van der Waals surface area contributed by atoms with Gasteiger partial charge in [-0.05, 0) is 81.2 Å². The van der Waals surface area contributed by atoms with E-state index in [4.69, 9.17) is 25.1 Å². The minimum atomic E-state index is 0.646. The third kappa shape index (κ3) is 4.33. The number of allylic oxidation sites excluding steroid dienone is 1. The zero-order valence-corrected chi connectivity index (χ0v) is 26.4. The van der Waals surface area contributed by atoms with E-state index < -0.39 is 0 Å². The number of hydrogen-bond donors (Lipinski definition) is 0. The molecule has 224 valence electrons. The summed E-state index contributed by atoms with van der Waals surface area (Å²) in [4.78, 5) is 19.9. The molecule has 4 aromatic carbocycles. The Bertz CT molecular complexity index is 2250. The van der Waals surface area contributed by atoms with Crippen LogP contribution in [0.4, 0.5) is 23.0 Å². The first-order valence-electron chi connectivity index (χ1n) is 15.4. The van der Waals surface area contributed by atoms with Crippen LogP contribution in [-0.2, 0) is 0 Å². The van der Waals surface area contributed by atoms with Crippen LogP contribution in [0.25, 0.3) is 34.1 Å². The normalized spacial score (nSPS) is 13.3. The first-order valence-corrected chi connectivity index (χ1v) is 15.4. The van der Waals surface area contributed by atoms with E-state index >= 15 is 0 Å². The quantitative estimate of drug-likeness (QED) is 0.206. The molecule has 0 fully saturated rings. The van der Waals surface area contributed by atoms with Crippen molar-refractivity contribution in [3.8, 4) is 11.4 Å². The Balaban J connectivity index is 1.43. The van der Waals surface area contributed by atoms with Crippen LogP contribution in [0.3, 0.4) is 0 Å². The number of hydrogen-bond acceptors (Lipinski definition) is 7. The first kappa shape index (κ1) is 27.6. The molecular weight excluding hydrogens is 568 g/mol. The lowest BCUT2D eigenvalue weighted by molar-refractivity contribution is 0.810. The Hall–Kier alpha value is -5.89. The maximum Gasteiger partial charge on any atom is 0.185 e. The van der Waals surface area contributed by atoms with Gasteiger partial charge in [0, 0.05) is 10.8 Å². The van der Waals surface area contributed by atoms with Gasteiger partial charge in [-0.1, -0.05) is 78.9 Å². The fraction of sp³-hybridized carbons (Fsp3) is 0.132. The van der Waals surface area contributed by atoms with Crippen molar-refractivity contribution in [1.29, 1.82) is 0 Å². The summed E-state index contributed by atoms with van der Waals surface area (Å²) in [5.41, 5.74) is 11.0. The summed E-state index contributed by atoms with van der Waals surface area (Å²) in [6, 6.07) is 30.8. The minimum Gasteiger partial charge on any atom is -0.276 e. The molecule has 0 spiro atoms. The van der Waals surface area contributed by atoms with Crippen molar-refractivity contribution >= 4 is 45.8 Å². The Morgan fingerprint density at radius 1 is 0.522 bits per heavy atom. The van der Waals surface area contributed by atoms with E-state index in [-0.39, 0.29) is 0 Å². The van der Waals surface area contributed by atoms with Crippen molar-refractivity contribution in [1.82, 2.24) is 29.8 Å². The highest BCUT2D eigenvalue weighted by atomic mass is 15.5. The molecule has 0 atom stereocenters. The van der Waals surface area contributed by atoms with Gasteiger partial charge in [-0.3, -0.25) is 9.80 Å². The zero-order valence-electron chi connectivity index (χ0n) is 26.4. The second kappa shape index (κ2) is 10.6. The summed E-state index contributed by atoms with van der Waals surface area (Å²) in [5.74, 6) is 3.14. The maximum atomic E-state index is 5.26. The van der Waals surface area contributed by atoms with Gasteiger partial charge in [0.2, 0.25) is 0 Å². The van der Waals surface area contributed by atoms with Crippen molar-refractivity contribution in [2.24, 2.45) is 0 Å². The molecule has 3 aromatic heterocycles. The molecule has 0 N–H and O–H groups in total. The van der Waals surface area contributed by atoms with Gasteiger partial charge >= 0.3 is 0 Å². The van der Waals surface area contributed by atoms with Crippen LogP contribution in [0.15, 0.2) is 103 Å². The predicted octanol–water partition coefficient (Wildman–Crippen LogP) is 7.61. The molecule has 0 saturated heterocycles. The topological polar surface area (TPSA) is 75.3 Å². The summed E-state index contributed by atoms with van der Waals surface area (Å²) >= 11 is 0. The third-order valence-electron chi connectivity index (χ3n) is 8.64. The van der Waals surface area contributed by atoms with Gasteiger partial charge in [0.25, 0.3) is 0 Å². The van der Waals surface area contributed by atoms with Crippen molar-refractivity contribution in [2.75, 3.05) is 9.80 Å². The highest BCUT2D eigenvalue weighted by molar-refractivity contribution is 5.96. The number of fused-ring (bicyclic) bond motifs is 3. The van der Waals surface area contributed by atoms with Crippen molar-refractivity contribution in [3.63, 3.8) is 0 Å². The van der Waals surface area contributed by atoms with E-state index in [0.29, 0.717) is 11.5 Å². The number of nitrogens with zero attached hydrogens (tertiary/aromatic N) is 8. The van der Waals surface area contributed by atoms with E-state index in [1.165, 1.54) is 0 Å². The van der Waals surface area contributed by atoms with Gasteiger partial charge in [0.05, 0.1) is 28.1 Å². The van der Waals surface area contributed by atoms with Gasteiger partial charge in [0.15, 0.2) is 23.1 Å². The lowest BCUT2D eigenvalue weighted by Crippen LogP contribution is -2.24. The van der Waals surface area contributed by atoms with Gasteiger partial charge in [-0.15, -0.1) is 9.73 Å². The molecule has 1 aliphatic rings. The molecule has 0 aliphatic carbocycles. The Morgan fingerprint density at radius 2 is 1.04 bits per heavy atom. The number of aryl methyl sites for hydroxylation is 5. The molecule has 0 radical (unpaired) electrons. The molecule has 8 rings (SSSR count). The van der Waals surface area contributed by atoms with E-state index in [1.54, 1.807) is 4.63 Å². The van der Waals surface area contributed by atoms with Crippen LogP contribution in [0.5, 0.6) is 0 Å². The van der Waals surface area contributed by atoms with Crippen LogP contribution in [0, 0.1) is 34.6 Å². The molecule has 0 bridgehead atoms. The number of para-hydroxylation sites is 4. The minimum absolute atomic E-state index is 0.646. The molecule has 0 saturated carbocycles. The van der Waals surface area contributed by atoms with Crippen LogP contribution in [0.1, 0.15) is 27.9 Å². The predicted molar refractivity (Wildman–Crippen MR) is 184 cm³/mol. The van der Waals surface area contributed by atoms with E-state index in [1.807, 2.05) is 61.5 Å². The number of rotatable bonds is 4. The second-order valence-electron chi connectivity index (χ2n) is 11.8. The van der Waals surface area contributed by atoms with E-state index in [2.05, 4.69) is 86.0 Å². The van der Waals surface area contributed by atoms with Gasteiger partial charge in [0.1, 0.15) is 5.82 Å². The summed E-state index contributed by atoms with van der Waals surface area (Å²) in [7, 11) is 0. The maximum absolute atomic E-state index is 5.26. The summed E-state index contributed by atoms with van der Waals surface area (Å²) in [6.45, 7) is 10.6. The van der Waals surface area contributed by atoms with Crippen molar-refractivity contribution < 1.29 is 0 Å². The Morgan fingerprint density at radius 3 is 1.59 bits per heavy atom. The third-order valence-corrected chi connectivity index (χ3v) is 8.64. The van der Waals surface area contributed by atoms with Crippen LogP contribution < -0.4 is 15.0 Å². The summed E-state index contributed by atoms with van der Waals surface area (Å²) < 4.78 is 1.63. The molecule has 46 heavy (non-hydrogen) atoms. The van der Waals surface area contributed by atoms with Gasteiger partial charge in [-0.2, -0.15) is 5.10 Å². The first-order chi connectivity index (χ1) is 22.4. The molecule has 8 nitrogen and oxygen atoms in total. The molecule has 0 unspecified atom stereocenters. The molecule has 0 amide bonds. The van der Waals surface area contributed by atoms with Gasteiger partial charge < -0.3 is 0 Å². The van der Waals surface area contributed by atoms with Crippen molar-refractivity contribution in [2.45, 2.75) is 34.6 Å². The molecular formula is C38H32N8. The average Bonchev–Trinajstić information content (AvgIpc) is 3.68. The Labute approximate surface area is 267 Å². The van der Waals surface area contributed by atoms with Crippen LogP contribution >= 0.6 is 0 Å². The fourth-order valence-corrected chi connectivity index (χ4v) is 6.47. The number of benzene rings is 4. The molecule has 8 heteroatoms. The monoisotopic (exact) mass is 600 g/mol. The van der Waals surface area contributed by atoms with Crippen LogP contribution in [-0.4, -0.2) is 29.8 Å². The highest BCUT2D eigenvalue weighted by Gasteiger charge is 2.39. The number of aromatic nitrogens is 6. The lowest BCUT2D eigenvalue weighted by atomic mass is 10.1. The lowest BCUT2D eigenvalue weighted by Gasteiger charge is -2.28. The van der Waals surface area contributed by atoms with E-state index in [0.717, 1.165) is 78.6 Å². The Kier molecular flexibility index (Phi) is 6.39. The zero-order chi connectivity index (χ0) is 31.5. The fourth-order valence-electron chi connectivity index (χ4n) is 6.47. The largest absolute Gasteiger partial charge is 0.276 e. The van der Waals surface area contributed by atoms with Gasteiger partial charge in [-0.25, -0.2) is 15.0 Å².